The third-order valence-corrected chi connectivity index (χ3v) is 4.63. The summed E-state index contributed by atoms with van der Waals surface area (Å²) in [7, 11) is 5.16. The topological polar surface area (TPSA) is 53.1 Å². The van der Waals surface area contributed by atoms with Gasteiger partial charge >= 0.3 is 0 Å². The van der Waals surface area contributed by atoms with E-state index in [0.29, 0.717) is 38.2 Å². The smallest absolute Gasteiger partial charge is 0.253 e. The van der Waals surface area contributed by atoms with E-state index in [9.17, 15) is 9.59 Å². The van der Waals surface area contributed by atoms with Crippen LogP contribution in [-0.2, 0) is 11.2 Å². The minimum atomic E-state index is 0.0266. The number of allylic oxidation sites excluding steroid dienone is 1. The van der Waals surface area contributed by atoms with Gasteiger partial charge in [-0.2, -0.15) is 0 Å². The number of benzene rings is 1. The molecule has 0 bridgehead atoms. The summed E-state index contributed by atoms with van der Waals surface area (Å²) >= 11 is 0. The molecule has 0 spiro atoms. The van der Waals surface area contributed by atoms with Crippen molar-refractivity contribution < 1.29 is 14.3 Å². The molecule has 2 rings (SSSR count). The van der Waals surface area contributed by atoms with Gasteiger partial charge in [0.05, 0.1) is 13.7 Å². The van der Waals surface area contributed by atoms with Gasteiger partial charge in [0.25, 0.3) is 5.91 Å². The van der Waals surface area contributed by atoms with Crippen LogP contribution in [0.25, 0.3) is 0 Å². The van der Waals surface area contributed by atoms with Crippen LogP contribution in [0.15, 0.2) is 30.9 Å². The average Bonchev–Trinajstić information content (AvgIpc) is 2.86. The molecule has 0 saturated carbocycles. The maximum atomic E-state index is 12.9. The second-order valence-electron chi connectivity index (χ2n) is 6.73. The van der Waals surface area contributed by atoms with E-state index in [1.807, 2.05) is 23.1 Å². The second-order valence-corrected chi connectivity index (χ2v) is 6.73. The Morgan fingerprint density at radius 3 is 2.65 bits per heavy atom. The molecule has 0 unspecified atom stereocenters. The zero-order valence-electron chi connectivity index (χ0n) is 16.0. The first-order valence-electron chi connectivity index (χ1n) is 8.96. The molecule has 26 heavy (non-hydrogen) atoms. The summed E-state index contributed by atoms with van der Waals surface area (Å²) in [5, 5.41) is 0. The Labute approximate surface area is 156 Å². The number of carbonyl (C=O) groups is 2. The quantitative estimate of drug-likeness (QED) is 0.725. The third-order valence-electron chi connectivity index (χ3n) is 4.63. The SMILES string of the molecule is C=CCc1cc(C(=O)N2CCCN(CC(=O)N(C)C)CC2)ccc1OC. The van der Waals surface area contributed by atoms with Gasteiger partial charge in [-0.15, -0.1) is 6.58 Å². The van der Waals surface area contributed by atoms with Crippen LogP contribution in [0.1, 0.15) is 22.3 Å². The maximum absolute atomic E-state index is 12.9. The summed E-state index contributed by atoms with van der Waals surface area (Å²) in [4.78, 5) is 30.4. The zero-order valence-corrected chi connectivity index (χ0v) is 16.0. The minimum absolute atomic E-state index is 0.0266. The van der Waals surface area contributed by atoms with E-state index in [0.717, 1.165) is 24.3 Å². The lowest BCUT2D eigenvalue weighted by Gasteiger charge is -2.23. The summed E-state index contributed by atoms with van der Waals surface area (Å²) in [6.45, 7) is 7.04. The van der Waals surface area contributed by atoms with E-state index in [1.165, 1.54) is 0 Å². The van der Waals surface area contributed by atoms with Crippen LogP contribution in [0.4, 0.5) is 0 Å². The number of amides is 2. The minimum Gasteiger partial charge on any atom is -0.496 e. The van der Waals surface area contributed by atoms with Crippen LogP contribution in [-0.4, -0.2) is 80.4 Å². The lowest BCUT2D eigenvalue weighted by Crippen LogP contribution is -2.39. The Hall–Kier alpha value is -2.34. The van der Waals surface area contributed by atoms with Gasteiger partial charge in [-0.05, 0) is 36.6 Å². The van der Waals surface area contributed by atoms with Gasteiger partial charge in [0.2, 0.25) is 5.91 Å². The molecule has 1 aliphatic rings. The summed E-state index contributed by atoms with van der Waals surface area (Å²) in [6, 6.07) is 5.54. The Bertz CT molecular complexity index is 658. The normalized spacial score (nSPS) is 15.3. The highest BCUT2D eigenvalue weighted by atomic mass is 16.5. The van der Waals surface area contributed by atoms with Crippen LogP contribution in [0.3, 0.4) is 0 Å². The van der Waals surface area contributed by atoms with E-state index < -0.39 is 0 Å². The fourth-order valence-electron chi connectivity index (χ4n) is 3.07. The predicted octanol–water partition coefficient (Wildman–Crippen LogP) is 1.66. The van der Waals surface area contributed by atoms with Gasteiger partial charge in [-0.25, -0.2) is 0 Å². The molecule has 0 N–H and O–H groups in total. The van der Waals surface area contributed by atoms with Gasteiger partial charge in [-0.3, -0.25) is 14.5 Å². The van der Waals surface area contributed by atoms with Gasteiger partial charge in [0, 0.05) is 45.8 Å². The molecule has 6 heteroatoms. The number of nitrogens with zero attached hydrogens (tertiary/aromatic N) is 3. The van der Waals surface area contributed by atoms with Crippen molar-refractivity contribution in [2.45, 2.75) is 12.8 Å². The zero-order chi connectivity index (χ0) is 19.1. The third kappa shape index (κ3) is 5.08. The number of methoxy groups -OCH3 is 1. The molecule has 0 aliphatic carbocycles. The number of carbonyl (C=O) groups excluding carboxylic acids is 2. The molecular weight excluding hydrogens is 330 g/mol. The van der Waals surface area contributed by atoms with Crippen molar-refractivity contribution in [2.24, 2.45) is 0 Å². The fraction of sp³-hybridized carbons (Fsp3) is 0.500. The number of hydrogen-bond acceptors (Lipinski definition) is 4. The molecule has 1 aliphatic heterocycles. The van der Waals surface area contributed by atoms with E-state index in [-0.39, 0.29) is 11.8 Å². The molecule has 142 valence electrons. The molecule has 1 heterocycles. The number of rotatable bonds is 6. The maximum Gasteiger partial charge on any atom is 0.253 e. The van der Waals surface area contributed by atoms with Crippen LogP contribution in [0, 0.1) is 0 Å². The summed E-state index contributed by atoms with van der Waals surface area (Å²) < 4.78 is 5.35. The first kappa shape index (κ1) is 20.0. The molecule has 0 radical (unpaired) electrons. The van der Waals surface area contributed by atoms with Crippen molar-refractivity contribution in [2.75, 3.05) is 53.9 Å². The number of ether oxygens (including phenoxy) is 1. The van der Waals surface area contributed by atoms with Crippen molar-refractivity contribution in [3.05, 3.63) is 42.0 Å². The number of hydrogen-bond donors (Lipinski definition) is 0. The van der Waals surface area contributed by atoms with Gasteiger partial charge in [0.15, 0.2) is 0 Å². The average molecular weight is 359 g/mol. The van der Waals surface area contributed by atoms with Crippen LogP contribution in [0.5, 0.6) is 5.75 Å². The predicted molar refractivity (Wildman–Crippen MR) is 103 cm³/mol. The molecule has 1 saturated heterocycles. The lowest BCUT2D eigenvalue weighted by molar-refractivity contribution is -0.129. The standard InChI is InChI=1S/C20H29N3O3/c1-5-7-16-14-17(8-9-18(16)26-4)20(25)23-11-6-10-22(12-13-23)15-19(24)21(2)3/h5,8-9,14H,1,6-7,10-13,15H2,2-4H3. The largest absolute Gasteiger partial charge is 0.496 e. The molecular formula is C20H29N3O3. The molecule has 0 atom stereocenters. The molecule has 6 nitrogen and oxygen atoms in total. The summed E-state index contributed by atoms with van der Waals surface area (Å²) in [5.41, 5.74) is 1.63. The van der Waals surface area contributed by atoms with Crippen molar-refractivity contribution in [1.29, 1.82) is 0 Å². The van der Waals surface area contributed by atoms with Crippen molar-refractivity contribution in [1.82, 2.24) is 14.7 Å². The number of likely N-dealkylation sites (N-methyl/N-ethyl adjacent to an activating group) is 1. The molecule has 2 amide bonds. The highest BCUT2D eigenvalue weighted by Gasteiger charge is 2.22. The van der Waals surface area contributed by atoms with E-state index in [4.69, 9.17) is 4.74 Å². The van der Waals surface area contributed by atoms with E-state index >= 15 is 0 Å². The lowest BCUT2D eigenvalue weighted by atomic mass is 10.1. The summed E-state index contributed by atoms with van der Waals surface area (Å²) in [5.74, 6) is 0.887. The van der Waals surface area contributed by atoms with E-state index in [2.05, 4.69) is 11.5 Å². The van der Waals surface area contributed by atoms with Crippen molar-refractivity contribution >= 4 is 11.8 Å². The highest BCUT2D eigenvalue weighted by molar-refractivity contribution is 5.94. The van der Waals surface area contributed by atoms with E-state index in [1.54, 1.807) is 32.2 Å². The first-order valence-corrected chi connectivity index (χ1v) is 8.96. The fourth-order valence-corrected chi connectivity index (χ4v) is 3.07. The molecule has 1 fully saturated rings. The monoisotopic (exact) mass is 359 g/mol. The first-order chi connectivity index (χ1) is 12.5. The Kier molecular flexibility index (Phi) is 7.21. The second kappa shape index (κ2) is 9.38. The van der Waals surface area contributed by atoms with Crippen LogP contribution >= 0.6 is 0 Å². The molecule has 0 aromatic heterocycles. The van der Waals surface area contributed by atoms with Gasteiger partial charge < -0.3 is 14.5 Å². The van der Waals surface area contributed by atoms with Gasteiger partial charge in [-0.1, -0.05) is 6.08 Å². The highest BCUT2D eigenvalue weighted by Crippen LogP contribution is 2.22. The molecule has 1 aromatic carbocycles. The Morgan fingerprint density at radius 1 is 1.23 bits per heavy atom. The van der Waals surface area contributed by atoms with Crippen molar-refractivity contribution in [3.8, 4) is 5.75 Å². The van der Waals surface area contributed by atoms with Gasteiger partial charge in [0.1, 0.15) is 5.75 Å². The molecule has 1 aromatic rings. The Morgan fingerprint density at radius 2 is 2.00 bits per heavy atom. The van der Waals surface area contributed by atoms with Crippen molar-refractivity contribution in [3.63, 3.8) is 0 Å². The Balaban J connectivity index is 2.04. The summed E-state index contributed by atoms with van der Waals surface area (Å²) in [6.07, 6.45) is 3.32. The van der Waals surface area contributed by atoms with Crippen LogP contribution < -0.4 is 4.74 Å². The van der Waals surface area contributed by atoms with Crippen LogP contribution in [0.2, 0.25) is 0 Å².